The van der Waals surface area contributed by atoms with Crippen LogP contribution in [0.15, 0.2) is 48.5 Å². The lowest BCUT2D eigenvalue weighted by Gasteiger charge is -2.23. The zero-order valence-corrected chi connectivity index (χ0v) is 18.4. The van der Waals surface area contributed by atoms with Crippen LogP contribution in [0.5, 0.6) is 0 Å². The quantitative estimate of drug-likeness (QED) is 0.618. The van der Waals surface area contributed by atoms with Gasteiger partial charge in [0.1, 0.15) is 5.82 Å². The van der Waals surface area contributed by atoms with Crippen LogP contribution in [0.1, 0.15) is 30.9 Å². The third-order valence-electron chi connectivity index (χ3n) is 6.18. The predicted molar refractivity (Wildman–Crippen MR) is 126 cm³/mol. The van der Waals surface area contributed by atoms with E-state index < -0.39 is 0 Å². The number of ether oxygens (including phenoxy) is 1. The van der Waals surface area contributed by atoms with Gasteiger partial charge in [-0.05, 0) is 72.6 Å². The van der Waals surface area contributed by atoms with Gasteiger partial charge in [-0.15, -0.1) is 0 Å². The van der Waals surface area contributed by atoms with Crippen LogP contribution in [-0.2, 0) is 16.0 Å². The summed E-state index contributed by atoms with van der Waals surface area (Å²) in [5.41, 5.74) is 11.6. The van der Waals surface area contributed by atoms with Crippen LogP contribution in [0, 0.1) is 18.8 Å². The van der Waals surface area contributed by atoms with Crippen LogP contribution < -0.4 is 11.1 Å². The van der Waals surface area contributed by atoms with E-state index in [0.29, 0.717) is 24.7 Å². The summed E-state index contributed by atoms with van der Waals surface area (Å²) >= 11 is 0. The molecular weight excluding hydrogens is 386 g/mol. The average molecular weight is 418 g/mol. The van der Waals surface area contributed by atoms with Crippen molar-refractivity contribution in [2.45, 2.75) is 33.1 Å². The normalized spacial score (nSPS) is 17.4. The maximum atomic E-state index is 12.6. The number of carbonyl (C=O) groups excluding carboxylic acids is 1. The summed E-state index contributed by atoms with van der Waals surface area (Å²) in [5, 5.41) is 4.12. The van der Waals surface area contributed by atoms with Crippen molar-refractivity contribution >= 4 is 22.6 Å². The number of nitrogen functional groups attached to an aromatic ring is 1. The summed E-state index contributed by atoms with van der Waals surface area (Å²) in [6, 6.07) is 16.7. The lowest BCUT2D eigenvalue weighted by molar-refractivity contribution is -0.124. The summed E-state index contributed by atoms with van der Waals surface area (Å²) in [7, 11) is 0. The van der Waals surface area contributed by atoms with E-state index in [0.717, 1.165) is 48.1 Å². The fraction of sp³-hybridized carbons (Fsp3) is 0.385. The molecule has 2 aromatic carbocycles. The number of amides is 1. The Bertz CT molecular complexity index is 1070. The van der Waals surface area contributed by atoms with E-state index in [9.17, 15) is 4.79 Å². The number of aryl methyl sites for hydroxylation is 1. The molecule has 0 spiro atoms. The van der Waals surface area contributed by atoms with Crippen molar-refractivity contribution in [3.63, 3.8) is 0 Å². The topological polar surface area (TPSA) is 77.2 Å². The largest absolute Gasteiger partial charge is 0.383 e. The van der Waals surface area contributed by atoms with Crippen molar-refractivity contribution < 1.29 is 9.53 Å². The Morgan fingerprint density at radius 3 is 2.87 bits per heavy atom. The Kier molecular flexibility index (Phi) is 6.52. The monoisotopic (exact) mass is 417 g/mol. The maximum absolute atomic E-state index is 12.6. The highest BCUT2D eigenvalue weighted by Gasteiger charge is 2.19. The molecule has 2 atom stereocenters. The van der Waals surface area contributed by atoms with Crippen LogP contribution in [0.2, 0.25) is 0 Å². The van der Waals surface area contributed by atoms with Gasteiger partial charge in [0.25, 0.3) is 0 Å². The van der Waals surface area contributed by atoms with Gasteiger partial charge < -0.3 is 15.8 Å². The Morgan fingerprint density at radius 2 is 2.10 bits per heavy atom. The molecule has 0 saturated carbocycles. The van der Waals surface area contributed by atoms with Crippen molar-refractivity contribution in [3.05, 3.63) is 59.7 Å². The van der Waals surface area contributed by atoms with Crippen LogP contribution in [0.3, 0.4) is 0 Å². The molecule has 1 aliphatic heterocycles. The fourth-order valence-corrected chi connectivity index (χ4v) is 4.27. The number of fused-ring (bicyclic) bond motifs is 1. The first kappa shape index (κ1) is 21.3. The minimum Gasteiger partial charge on any atom is -0.383 e. The third-order valence-corrected chi connectivity index (χ3v) is 6.18. The van der Waals surface area contributed by atoms with Crippen LogP contribution in [0.25, 0.3) is 22.0 Å². The van der Waals surface area contributed by atoms with Gasteiger partial charge in [0.05, 0.1) is 12.1 Å². The number of anilines is 1. The number of carbonyl (C=O) groups is 1. The van der Waals surface area contributed by atoms with Gasteiger partial charge in [0.15, 0.2) is 0 Å². The molecule has 0 radical (unpaired) electrons. The highest BCUT2D eigenvalue weighted by molar-refractivity contribution is 5.87. The molecule has 2 unspecified atom stereocenters. The number of rotatable bonds is 6. The number of hydrogen-bond donors (Lipinski definition) is 2. The van der Waals surface area contributed by atoms with Crippen molar-refractivity contribution in [2.75, 3.05) is 25.5 Å². The molecule has 4 rings (SSSR count). The van der Waals surface area contributed by atoms with E-state index in [-0.39, 0.29) is 11.8 Å². The Morgan fingerprint density at radius 1 is 1.26 bits per heavy atom. The zero-order chi connectivity index (χ0) is 21.8. The SMILES string of the molecule is Cc1ccccc1-c1ccc2nc(N)c(CC(C)C(=O)NCC3CCCOC3)cc2c1. The second kappa shape index (κ2) is 9.48. The molecule has 1 saturated heterocycles. The number of hydrogen-bond acceptors (Lipinski definition) is 4. The zero-order valence-electron chi connectivity index (χ0n) is 18.4. The minimum absolute atomic E-state index is 0.0544. The van der Waals surface area contributed by atoms with E-state index >= 15 is 0 Å². The minimum atomic E-state index is -0.175. The first-order chi connectivity index (χ1) is 15.0. The van der Waals surface area contributed by atoms with Gasteiger partial charge in [-0.25, -0.2) is 4.98 Å². The lowest BCUT2D eigenvalue weighted by atomic mass is 9.96. The Balaban J connectivity index is 1.49. The molecule has 5 nitrogen and oxygen atoms in total. The standard InChI is InChI=1S/C26H31N3O2/c1-17-6-3-4-8-23(17)20-9-10-24-21(13-20)14-22(25(27)29-24)12-18(2)26(30)28-15-19-7-5-11-31-16-19/h3-4,6,8-10,13-14,18-19H,5,7,11-12,15-16H2,1-2H3,(H2,27,29)(H,28,30). The number of nitrogens with one attached hydrogen (secondary N) is 1. The highest BCUT2D eigenvalue weighted by atomic mass is 16.5. The first-order valence-electron chi connectivity index (χ1n) is 11.1. The van der Waals surface area contributed by atoms with Gasteiger partial charge in [-0.1, -0.05) is 37.3 Å². The molecular formula is C26H31N3O2. The van der Waals surface area contributed by atoms with Crippen molar-refractivity contribution in [1.82, 2.24) is 10.3 Å². The number of nitrogens with two attached hydrogens (primary N) is 1. The molecule has 3 aromatic rings. The molecule has 1 amide bonds. The first-order valence-corrected chi connectivity index (χ1v) is 11.1. The van der Waals surface area contributed by atoms with E-state index in [1.165, 1.54) is 11.1 Å². The van der Waals surface area contributed by atoms with Crippen molar-refractivity contribution in [3.8, 4) is 11.1 Å². The molecule has 0 aliphatic carbocycles. The van der Waals surface area contributed by atoms with Gasteiger partial charge in [-0.2, -0.15) is 0 Å². The number of benzene rings is 2. The average Bonchev–Trinajstić information content (AvgIpc) is 2.78. The molecule has 1 fully saturated rings. The van der Waals surface area contributed by atoms with Crippen molar-refractivity contribution in [2.24, 2.45) is 11.8 Å². The summed E-state index contributed by atoms with van der Waals surface area (Å²) < 4.78 is 5.50. The summed E-state index contributed by atoms with van der Waals surface area (Å²) in [6.45, 7) is 6.31. The van der Waals surface area contributed by atoms with Crippen molar-refractivity contribution in [1.29, 1.82) is 0 Å². The Hall–Kier alpha value is -2.92. The lowest BCUT2D eigenvalue weighted by Crippen LogP contribution is -2.36. The number of nitrogens with zero attached hydrogens (tertiary/aromatic N) is 1. The summed E-state index contributed by atoms with van der Waals surface area (Å²) in [4.78, 5) is 17.2. The second-order valence-corrected chi connectivity index (χ2v) is 8.69. The van der Waals surface area contributed by atoms with Gasteiger partial charge in [0, 0.05) is 24.5 Å². The molecule has 1 aromatic heterocycles. The van der Waals surface area contributed by atoms with Crippen LogP contribution >= 0.6 is 0 Å². The summed E-state index contributed by atoms with van der Waals surface area (Å²) in [6.07, 6.45) is 2.75. The molecule has 3 N–H and O–H groups in total. The van der Waals surface area contributed by atoms with E-state index in [2.05, 4.69) is 53.6 Å². The molecule has 162 valence electrons. The maximum Gasteiger partial charge on any atom is 0.223 e. The number of aromatic nitrogens is 1. The third kappa shape index (κ3) is 5.05. The molecule has 0 bridgehead atoms. The smallest absolute Gasteiger partial charge is 0.223 e. The summed E-state index contributed by atoms with van der Waals surface area (Å²) in [5.74, 6) is 0.790. The van der Waals surface area contributed by atoms with Gasteiger partial charge >= 0.3 is 0 Å². The Labute approximate surface area is 184 Å². The molecule has 31 heavy (non-hydrogen) atoms. The molecule has 1 aliphatic rings. The second-order valence-electron chi connectivity index (χ2n) is 8.69. The number of pyridine rings is 1. The van der Waals surface area contributed by atoms with E-state index in [4.69, 9.17) is 10.5 Å². The predicted octanol–water partition coefficient (Wildman–Crippen LogP) is 4.51. The van der Waals surface area contributed by atoms with E-state index in [1.807, 2.05) is 19.1 Å². The van der Waals surface area contributed by atoms with Gasteiger partial charge in [0.2, 0.25) is 5.91 Å². The van der Waals surface area contributed by atoms with E-state index in [1.54, 1.807) is 0 Å². The molecule has 2 heterocycles. The molecule has 5 heteroatoms. The highest BCUT2D eigenvalue weighted by Crippen LogP contribution is 2.28. The fourth-order valence-electron chi connectivity index (χ4n) is 4.27. The van der Waals surface area contributed by atoms with Crippen LogP contribution in [0.4, 0.5) is 5.82 Å². The van der Waals surface area contributed by atoms with Gasteiger partial charge in [-0.3, -0.25) is 4.79 Å². The van der Waals surface area contributed by atoms with Crippen LogP contribution in [-0.4, -0.2) is 30.6 Å².